The van der Waals surface area contributed by atoms with E-state index < -0.39 is 10.0 Å². The monoisotopic (exact) mass is 381 g/mol. The normalized spacial score (nSPS) is 11.9. The molecule has 0 aliphatic carbocycles. The molecule has 138 valence electrons. The van der Waals surface area contributed by atoms with E-state index in [1.807, 2.05) is 6.92 Å². The third-order valence-electron chi connectivity index (χ3n) is 2.92. The third-order valence-corrected chi connectivity index (χ3v) is 3.51. The van der Waals surface area contributed by atoms with Crippen molar-refractivity contribution < 1.29 is 22.7 Å². The fourth-order valence-corrected chi connectivity index (χ4v) is 2.44. The molecule has 0 aliphatic rings. The summed E-state index contributed by atoms with van der Waals surface area (Å²) in [6, 6.07) is 2.85. The van der Waals surface area contributed by atoms with Crippen LogP contribution in [0.2, 0.25) is 0 Å². The second kappa shape index (κ2) is 9.55. The van der Waals surface area contributed by atoms with E-state index in [4.69, 9.17) is 15.2 Å². The van der Waals surface area contributed by atoms with Crippen LogP contribution >= 0.6 is 12.4 Å². The molecule has 1 aromatic rings. The third kappa shape index (κ3) is 6.81. The van der Waals surface area contributed by atoms with E-state index in [2.05, 4.69) is 10.0 Å². The Labute approximate surface area is 148 Å². The van der Waals surface area contributed by atoms with Gasteiger partial charge in [0, 0.05) is 18.2 Å². The molecule has 1 amide bonds. The van der Waals surface area contributed by atoms with Gasteiger partial charge in [-0.2, -0.15) is 0 Å². The van der Waals surface area contributed by atoms with E-state index in [1.165, 1.54) is 26.4 Å². The summed E-state index contributed by atoms with van der Waals surface area (Å²) in [7, 11) is -0.754. The number of carbonyl (C=O) groups excluding carboxylic acids is 1. The van der Waals surface area contributed by atoms with Gasteiger partial charge in [0.1, 0.15) is 0 Å². The number of nitrogens with two attached hydrogens (primary N) is 1. The number of benzene rings is 1. The Morgan fingerprint density at radius 2 is 1.92 bits per heavy atom. The van der Waals surface area contributed by atoms with E-state index >= 15 is 0 Å². The van der Waals surface area contributed by atoms with Crippen LogP contribution < -0.4 is 25.2 Å². The van der Waals surface area contributed by atoms with Gasteiger partial charge in [0.15, 0.2) is 11.5 Å². The summed E-state index contributed by atoms with van der Waals surface area (Å²) in [5.74, 6) is 0.0895. The maximum Gasteiger partial charge on any atom is 0.251 e. The first-order valence-corrected chi connectivity index (χ1v) is 8.84. The van der Waals surface area contributed by atoms with E-state index in [-0.39, 0.29) is 47.1 Å². The molecule has 0 radical (unpaired) electrons. The van der Waals surface area contributed by atoms with Crippen LogP contribution in [0.1, 0.15) is 23.7 Å². The van der Waals surface area contributed by atoms with Gasteiger partial charge in [-0.3, -0.25) is 9.52 Å². The second-order valence-electron chi connectivity index (χ2n) is 5.16. The first kappa shape index (κ1) is 22.3. The van der Waals surface area contributed by atoms with Crippen molar-refractivity contribution in [2.24, 2.45) is 5.73 Å². The molecule has 0 fully saturated rings. The number of amides is 1. The predicted octanol–water partition coefficient (Wildman–Crippen LogP) is 0.964. The van der Waals surface area contributed by atoms with Crippen LogP contribution in [0.15, 0.2) is 12.1 Å². The number of hydrogen-bond donors (Lipinski definition) is 3. The number of methoxy groups -OCH3 is 2. The molecule has 4 N–H and O–H groups in total. The maximum absolute atomic E-state index is 12.2. The minimum absolute atomic E-state index is 0. The molecule has 0 spiro atoms. The Balaban J connectivity index is 0.00000529. The highest BCUT2D eigenvalue weighted by molar-refractivity contribution is 7.92. The van der Waals surface area contributed by atoms with Gasteiger partial charge in [0.2, 0.25) is 10.0 Å². The minimum Gasteiger partial charge on any atom is -0.493 e. The molecule has 8 nitrogen and oxygen atoms in total. The van der Waals surface area contributed by atoms with Crippen molar-refractivity contribution in [3.63, 3.8) is 0 Å². The topological polar surface area (TPSA) is 120 Å². The van der Waals surface area contributed by atoms with Crippen molar-refractivity contribution in [3.05, 3.63) is 17.7 Å². The van der Waals surface area contributed by atoms with Gasteiger partial charge in [-0.05, 0) is 25.5 Å². The number of rotatable bonds is 8. The number of nitrogens with one attached hydrogen (secondary N) is 2. The molecule has 0 saturated carbocycles. The Kier molecular flexibility index (Phi) is 8.87. The van der Waals surface area contributed by atoms with Gasteiger partial charge in [-0.1, -0.05) is 0 Å². The molecule has 0 aliphatic heterocycles. The van der Waals surface area contributed by atoms with Crippen LogP contribution in [0.4, 0.5) is 5.69 Å². The zero-order chi connectivity index (χ0) is 17.6. The lowest BCUT2D eigenvalue weighted by Crippen LogP contribution is -2.29. The molecular weight excluding hydrogens is 358 g/mol. The quantitative estimate of drug-likeness (QED) is 0.617. The first-order valence-electron chi connectivity index (χ1n) is 6.95. The summed E-state index contributed by atoms with van der Waals surface area (Å²) >= 11 is 0. The molecule has 1 aromatic carbocycles. The molecule has 10 heteroatoms. The molecule has 0 saturated heterocycles. The Morgan fingerprint density at radius 1 is 1.29 bits per heavy atom. The molecule has 0 bridgehead atoms. The van der Waals surface area contributed by atoms with E-state index in [0.29, 0.717) is 13.0 Å². The number of anilines is 1. The Hall–Kier alpha value is -1.71. The number of sulfonamides is 1. The van der Waals surface area contributed by atoms with Gasteiger partial charge in [-0.25, -0.2) is 8.42 Å². The van der Waals surface area contributed by atoms with Gasteiger partial charge < -0.3 is 20.5 Å². The van der Waals surface area contributed by atoms with Crippen LogP contribution in [0, 0.1) is 0 Å². The zero-order valence-electron chi connectivity index (χ0n) is 14.1. The summed E-state index contributed by atoms with van der Waals surface area (Å²) < 4.78 is 35.6. The van der Waals surface area contributed by atoms with Crippen LogP contribution in [0.3, 0.4) is 0 Å². The SMILES string of the molecule is COc1cc(C(=O)NCCC(C)N)cc(NS(C)(=O)=O)c1OC.Cl. The summed E-state index contributed by atoms with van der Waals surface area (Å²) in [4.78, 5) is 12.2. The van der Waals surface area contributed by atoms with E-state index in [0.717, 1.165) is 6.26 Å². The number of carbonyl (C=O) groups is 1. The Morgan fingerprint density at radius 3 is 2.38 bits per heavy atom. The van der Waals surface area contributed by atoms with Crippen LogP contribution in [-0.4, -0.2) is 47.4 Å². The fourth-order valence-electron chi connectivity index (χ4n) is 1.89. The summed E-state index contributed by atoms with van der Waals surface area (Å²) in [5, 5.41) is 2.72. The van der Waals surface area contributed by atoms with E-state index in [1.54, 1.807) is 0 Å². The predicted molar refractivity (Wildman–Crippen MR) is 95.9 cm³/mol. The van der Waals surface area contributed by atoms with Gasteiger partial charge in [-0.15, -0.1) is 12.4 Å². The largest absolute Gasteiger partial charge is 0.493 e. The molecule has 1 rings (SSSR count). The first-order chi connectivity index (χ1) is 10.7. The van der Waals surface area contributed by atoms with Crippen molar-refractivity contribution >= 4 is 34.0 Å². The van der Waals surface area contributed by atoms with Gasteiger partial charge >= 0.3 is 0 Å². The molecular formula is C14H24ClN3O5S. The lowest BCUT2D eigenvalue weighted by atomic mass is 10.1. The van der Waals surface area contributed by atoms with Gasteiger partial charge in [0.25, 0.3) is 5.91 Å². The number of ether oxygens (including phenoxy) is 2. The maximum atomic E-state index is 12.2. The molecule has 0 heterocycles. The van der Waals surface area contributed by atoms with Crippen molar-refractivity contribution in [1.29, 1.82) is 0 Å². The lowest BCUT2D eigenvalue weighted by Gasteiger charge is -2.15. The minimum atomic E-state index is -3.54. The average Bonchev–Trinajstić information content (AvgIpc) is 2.44. The van der Waals surface area contributed by atoms with Crippen molar-refractivity contribution in [2.75, 3.05) is 31.7 Å². The summed E-state index contributed by atoms with van der Waals surface area (Å²) in [6.07, 6.45) is 1.64. The van der Waals surface area contributed by atoms with Crippen molar-refractivity contribution in [3.8, 4) is 11.5 Å². The molecule has 0 aromatic heterocycles. The smallest absolute Gasteiger partial charge is 0.251 e. The number of halogens is 1. The van der Waals surface area contributed by atoms with Crippen LogP contribution in [0.25, 0.3) is 0 Å². The lowest BCUT2D eigenvalue weighted by molar-refractivity contribution is 0.0952. The fraction of sp³-hybridized carbons (Fsp3) is 0.500. The van der Waals surface area contributed by atoms with Gasteiger partial charge in [0.05, 0.1) is 26.2 Å². The second-order valence-corrected chi connectivity index (χ2v) is 6.90. The molecule has 1 atom stereocenters. The van der Waals surface area contributed by atoms with Crippen LogP contribution in [-0.2, 0) is 10.0 Å². The molecule has 1 unspecified atom stereocenters. The van der Waals surface area contributed by atoms with E-state index in [9.17, 15) is 13.2 Å². The zero-order valence-corrected chi connectivity index (χ0v) is 15.7. The van der Waals surface area contributed by atoms with Crippen LogP contribution in [0.5, 0.6) is 11.5 Å². The average molecular weight is 382 g/mol. The van der Waals surface area contributed by atoms with Crippen molar-refractivity contribution in [2.45, 2.75) is 19.4 Å². The highest BCUT2D eigenvalue weighted by atomic mass is 35.5. The summed E-state index contributed by atoms with van der Waals surface area (Å²) in [5.41, 5.74) is 6.01. The Bertz CT molecular complexity index is 665. The standard InChI is InChI=1S/C14H23N3O5S.ClH/c1-9(15)5-6-16-14(18)10-7-11(17-23(4,19)20)13(22-3)12(8-10)21-2;/h7-9,17H,5-6,15H2,1-4H3,(H,16,18);1H. The highest BCUT2D eigenvalue weighted by Crippen LogP contribution is 2.37. The van der Waals surface area contributed by atoms with Crippen molar-refractivity contribution in [1.82, 2.24) is 5.32 Å². The number of hydrogen-bond acceptors (Lipinski definition) is 6. The molecule has 24 heavy (non-hydrogen) atoms. The summed E-state index contributed by atoms with van der Waals surface area (Å²) in [6.45, 7) is 2.26. The highest BCUT2D eigenvalue weighted by Gasteiger charge is 2.18.